The molecule has 0 atom stereocenters. The van der Waals surface area contributed by atoms with Crippen LogP contribution in [0.15, 0.2) is 52.3 Å². The minimum atomic E-state index is -3.52. The van der Waals surface area contributed by atoms with E-state index in [9.17, 15) is 13.2 Å². The lowest BCUT2D eigenvalue weighted by Crippen LogP contribution is -2.45. The van der Waals surface area contributed by atoms with E-state index < -0.39 is 10.0 Å². The van der Waals surface area contributed by atoms with Gasteiger partial charge in [0, 0.05) is 36.2 Å². The molecule has 0 bridgehead atoms. The standard InChI is InChI=1S/C22H26N2O3S2/c1-16-7-8-19(15-17(16)2)29(26,27)23-11-9-18(10-12-23)22(25)24-13-14-28-21-6-4-3-5-20(21)24/h3-8,15,18H,9-14H2,1-2H3. The molecule has 5 nitrogen and oxygen atoms in total. The van der Waals surface area contributed by atoms with E-state index in [1.165, 1.54) is 4.31 Å². The first-order valence-electron chi connectivity index (χ1n) is 9.98. The third-order valence-corrected chi connectivity index (χ3v) is 8.85. The molecule has 1 amide bonds. The molecule has 2 aliphatic rings. The fourth-order valence-corrected chi connectivity index (χ4v) is 6.54. The van der Waals surface area contributed by atoms with Gasteiger partial charge in [-0.25, -0.2) is 8.42 Å². The zero-order chi connectivity index (χ0) is 20.6. The molecule has 1 fully saturated rings. The number of carbonyl (C=O) groups excluding carboxylic acids is 1. The van der Waals surface area contributed by atoms with Gasteiger partial charge in [0.05, 0.1) is 10.6 Å². The minimum Gasteiger partial charge on any atom is -0.310 e. The first-order chi connectivity index (χ1) is 13.9. The van der Waals surface area contributed by atoms with E-state index in [1.54, 1.807) is 23.9 Å². The molecule has 0 unspecified atom stereocenters. The van der Waals surface area contributed by atoms with E-state index in [1.807, 2.05) is 43.0 Å². The molecular weight excluding hydrogens is 404 g/mol. The Bertz CT molecular complexity index is 1030. The molecule has 2 heterocycles. The summed E-state index contributed by atoms with van der Waals surface area (Å²) in [7, 11) is -3.52. The van der Waals surface area contributed by atoms with Crippen LogP contribution in [0.5, 0.6) is 0 Å². The molecule has 29 heavy (non-hydrogen) atoms. The number of thioether (sulfide) groups is 1. The maximum atomic E-state index is 13.2. The average molecular weight is 431 g/mol. The van der Waals surface area contributed by atoms with Crippen LogP contribution < -0.4 is 4.90 Å². The van der Waals surface area contributed by atoms with Crippen molar-refractivity contribution in [2.75, 3.05) is 30.3 Å². The van der Waals surface area contributed by atoms with Crippen molar-refractivity contribution in [2.45, 2.75) is 36.5 Å². The summed E-state index contributed by atoms with van der Waals surface area (Å²) in [5.74, 6) is 0.890. The third-order valence-electron chi connectivity index (χ3n) is 5.91. The van der Waals surface area contributed by atoms with Crippen LogP contribution in [0.2, 0.25) is 0 Å². The van der Waals surface area contributed by atoms with Crippen LogP contribution in [0.25, 0.3) is 0 Å². The molecule has 0 aromatic heterocycles. The predicted molar refractivity (Wildman–Crippen MR) is 117 cm³/mol. The zero-order valence-corrected chi connectivity index (χ0v) is 18.4. The quantitative estimate of drug-likeness (QED) is 0.742. The Morgan fingerprint density at radius 1 is 1.00 bits per heavy atom. The van der Waals surface area contributed by atoms with Crippen LogP contribution in [0, 0.1) is 19.8 Å². The van der Waals surface area contributed by atoms with Crippen LogP contribution >= 0.6 is 11.8 Å². The highest BCUT2D eigenvalue weighted by Crippen LogP contribution is 2.36. The molecule has 2 aliphatic heterocycles. The van der Waals surface area contributed by atoms with Crippen LogP contribution in [0.1, 0.15) is 24.0 Å². The Kier molecular flexibility index (Phi) is 5.73. The molecule has 1 saturated heterocycles. The van der Waals surface area contributed by atoms with E-state index >= 15 is 0 Å². The maximum absolute atomic E-state index is 13.2. The van der Waals surface area contributed by atoms with E-state index in [0.717, 1.165) is 27.5 Å². The summed E-state index contributed by atoms with van der Waals surface area (Å²) >= 11 is 1.78. The van der Waals surface area contributed by atoms with Crippen molar-refractivity contribution < 1.29 is 13.2 Å². The number of sulfonamides is 1. The molecule has 4 rings (SSSR count). The molecule has 7 heteroatoms. The van der Waals surface area contributed by atoms with Gasteiger partial charge in [-0.3, -0.25) is 4.79 Å². The Balaban J connectivity index is 1.46. The molecule has 0 radical (unpaired) electrons. The van der Waals surface area contributed by atoms with Crippen molar-refractivity contribution in [3.05, 3.63) is 53.6 Å². The summed E-state index contributed by atoms with van der Waals surface area (Å²) in [5, 5.41) is 0. The van der Waals surface area contributed by atoms with Gasteiger partial charge in [0.25, 0.3) is 0 Å². The average Bonchev–Trinajstić information content (AvgIpc) is 2.74. The fourth-order valence-electron chi connectivity index (χ4n) is 3.99. The molecule has 154 valence electrons. The number of nitrogens with zero attached hydrogens (tertiary/aromatic N) is 2. The second-order valence-corrected chi connectivity index (χ2v) is 10.8. The van der Waals surface area contributed by atoms with E-state index in [0.29, 0.717) is 37.4 Å². The van der Waals surface area contributed by atoms with Crippen LogP contribution in [-0.2, 0) is 14.8 Å². The lowest BCUT2D eigenvalue weighted by atomic mass is 9.96. The van der Waals surface area contributed by atoms with Crippen molar-refractivity contribution in [3.8, 4) is 0 Å². The first kappa shape index (κ1) is 20.4. The topological polar surface area (TPSA) is 57.7 Å². The fraction of sp³-hybridized carbons (Fsp3) is 0.409. The number of benzene rings is 2. The van der Waals surface area contributed by atoms with Crippen LogP contribution in [0.4, 0.5) is 5.69 Å². The van der Waals surface area contributed by atoms with Gasteiger partial charge in [-0.1, -0.05) is 18.2 Å². The van der Waals surface area contributed by atoms with Crippen LogP contribution in [0.3, 0.4) is 0 Å². The Morgan fingerprint density at radius 3 is 2.45 bits per heavy atom. The van der Waals surface area contributed by atoms with Crippen LogP contribution in [-0.4, -0.2) is 44.0 Å². The highest BCUT2D eigenvalue weighted by atomic mass is 32.2. The van der Waals surface area contributed by atoms with E-state index in [2.05, 4.69) is 6.07 Å². The van der Waals surface area contributed by atoms with Gasteiger partial charge in [0.15, 0.2) is 0 Å². The highest BCUT2D eigenvalue weighted by molar-refractivity contribution is 7.99. The van der Waals surface area contributed by atoms with Crippen molar-refractivity contribution in [1.82, 2.24) is 4.31 Å². The summed E-state index contributed by atoms with van der Waals surface area (Å²) in [4.78, 5) is 16.5. The summed E-state index contributed by atoms with van der Waals surface area (Å²) < 4.78 is 27.6. The van der Waals surface area contributed by atoms with Gasteiger partial charge in [0.1, 0.15) is 0 Å². The monoisotopic (exact) mass is 430 g/mol. The van der Waals surface area contributed by atoms with Crippen molar-refractivity contribution in [2.24, 2.45) is 5.92 Å². The van der Waals surface area contributed by atoms with Gasteiger partial charge in [-0.15, -0.1) is 11.8 Å². The van der Waals surface area contributed by atoms with E-state index in [4.69, 9.17) is 0 Å². The predicted octanol–water partition coefficient (Wildman–Crippen LogP) is 3.84. The second-order valence-electron chi connectivity index (χ2n) is 7.73. The van der Waals surface area contributed by atoms with E-state index in [-0.39, 0.29) is 11.8 Å². The van der Waals surface area contributed by atoms with Crippen molar-refractivity contribution in [1.29, 1.82) is 0 Å². The number of fused-ring (bicyclic) bond motifs is 1. The zero-order valence-electron chi connectivity index (χ0n) is 16.8. The largest absolute Gasteiger partial charge is 0.310 e. The van der Waals surface area contributed by atoms with Crippen molar-refractivity contribution in [3.63, 3.8) is 0 Å². The highest BCUT2D eigenvalue weighted by Gasteiger charge is 2.35. The molecule has 2 aromatic rings. The number of amides is 1. The molecule has 0 saturated carbocycles. The molecule has 0 N–H and O–H groups in total. The number of hydrogen-bond donors (Lipinski definition) is 0. The lowest BCUT2D eigenvalue weighted by Gasteiger charge is -2.35. The molecule has 0 spiro atoms. The number of piperidine rings is 1. The Hall–Kier alpha value is -1.83. The maximum Gasteiger partial charge on any atom is 0.243 e. The summed E-state index contributed by atoms with van der Waals surface area (Å²) in [6, 6.07) is 13.3. The normalized spacial score (nSPS) is 18.5. The van der Waals surface area contributed by atoms with Gasteiger partial charge >= 0.3 is 0 Å². The van der Waals surface area contributed by atoms with Gasteiger partial charge in [-0.05, 0) is 62.1 Å². The molecular formula is C22H26N2O3S2. The molecule has 2 aromatic carbocycles. The van der Waals surface area contributed by atoms with Gasteiger partial charge in [-0.2, -0.15) is 4.31 Å². The number of hydrogen-bond acceptors (Lipinski definition) is 4. The smallest absolute Gasteiger partial charge is 0.243 e. The Labute approximate surface area is 177 Å². The SMILES string of the molecule is Cc1ccc(S(=O)(=O)N2CCC(C(=O)N3CCSc4ccccc43)CC2)cc1C. The van der Waals surface area contributed by atoms with Gasteiger partial charge < -0.3 is 4.90 Å². The number of anilines is 1. The first-order valence-corrected chi connectivity index (χ1v) is 12.4. The van der Waals surface area contributed by atoms with Crippen molar-refractivity contribution >= 4 is 33.4 Å². The Morgan fingerprint density at radius 2 is 1.72 bits per heavy atom. The number of aryl methyl sites for hydroxylation is 2. The summed E-state index contributed by atoms with van der Waals surface area (Å²) in [6.07, 6.45) is 1.13. The lowest BCUT2D eigenvalue weighted by molar-refractivity contribution is -0.123. The summed E-state index contributed by atoms with van der Waals surface area (Å²) in [6.45, 7) is 5.38. The number of carbonyl (C=O) groups is 1. The minimum absolute atomic E-state index is 0.126. The second kappa shape index (κ2) is 8.13. The van der Waals surface area contributed by atoms with Gasteiger partial charge in [0.2, 0.25) is 15.9 Å². The summed E-state index contributed by atoms with van der Waals surface area (Å²) in [5.41, 5.74) is 3.03. The third kappa shape index (κ3) is 3.96. The number of para-hydroxylation sites is 1. The molecule has 0 aliphatic carbocycles. The number of rotatable bonds is 3.